The third kappa shape index (κ3) is 7.63. The van der Waals surface area contributed by atoms with Crippen molar-refractivity contribution in [3.8, 4) is 0 Å². The zero-order valence-corrected chi connectivity index (χ0v) is 19.6. The third-order valence-electron chi connectivity index (χ3n) is 6.89. The summed E-state index contributed by atoms with van der Waals surface area (Å²) in [6, 6.07) is 0. The van der Waals surface area contributed by atoms with Gasteiger partial charge in [-0.05, 0) is 78.1 Å². The number of nitrogens with zero attached hydrogens (tertiary/aromatic N) is 2. The van der Waals surface area contributed by atoms with Crippen molar-refractivity contribution < 1.29 is 42.9 Å². The minimum Gasteiger partial charge on any atom is -1.00 e. The lowest BCUT2D eigenvalue weighted by Crippen LogP contribution is -3.00. The molecule has 0 N–H and O–H groups in total. The van der Waals surface area contributed by atoms with Gasteiger partial charge in [-0.1, -0.05) is 0 Å². The standard InChI is InChI=1S/C20H42N2.2BrH/c1-3-21(17-11-7-12-18-21)15-9-5-6-10-16-22(4-2)19-13-8-14-20-22;;/h3-20H2,1-2H3;2*1H/q+2;;/p-2. The molecule has 2 aliphatic rings. The molecule has 24 heavy (non-hydrogen) atoms. The second-order valence-electron chi connectivity index (χ2n) is 8.19. The van der Waals surface area contributed by atoms with Crippen LogP contribution >= 0.6 is 0 Å². The molecule has 2 nitrogen and oxygen atoms in total. The van der Waals surface area contributed by atoms with Crippen LogP contribution in [0.1, 0.15) is 78.1 Å². The summed E-state index contributed by atoms with van der Waals surface area (Å²) in [6.07, 6.45) is 14.8. The number of likely N-dealkylation sites (tertiary alicyclic amines) is 2. The Balaban J connectivity index is 0.00000264. The molecule has 2 aliphatic heterocycles. The van der Waals surface area contributed by atoms with Crippen LogP contribution < -0.4 is 34.0 Å². The van der Waals surface area contributed by atoms with Crippen molar-refractivity contribution in [2.75, 3.05) is 52.4 Å². The summed E-state index contributed by atoms with van der Waals surface area (Å²) in [4.78, 5) is 0. The van der Waals surface area contributed by atoms with E-state index in [1.165, 1.54) is 126 Å². The number of rotatable bonds is 9. The van der Waals surface area contributed by atoms with Crippen LogP contribution in [0.15, 0.2) is 0 Å². The fourth-order valence-corrected chi connectivity index (χ4v) is 5.01. The molecule has 2 saturated heterocycles. The zero-order chi connectivity index (χ0) is 15.7. The Hall–Kier alpha value is 0.880. The predicted octanol–water partition coefficient (Wildman–Crippen LogP) is -1.40. The number of hydrogen-bond donors (Lipinski definition) is 0. The minimum atomic E-state index is 0. The van der Waals surface area contributed by atoms with E-state index in [0.717, 1.165) is 0 Å². The smallest absolute Gasteiger partial charge is 0.0786 e. The van der Waals surface area contributed by atoms with E-state index in [1.807, 2.05) is 0 Å². The molecule has 2 rings (SSSR count). The van der Waals surface area contributed by atoms with Gasteiger partial charge in [-0.3, -0.25) is 0 Å². The second kappa shape index (κ2) is 13.1. The Bertz CT molecular complexity index is 268. The summed E-state index contributed by atoms with van der Waals surface area (Å²) >= 11 is 0. The van der Waals surface area contributed by atoms with Crippen molar-refractivity contribution in [2.45, 2.75) is 78.1 Å². The number of hydrogen-bond acceptors (Lipinski definition) is 0. The lowest BCUT2D eigenvalue weighted by Gasteiger charge is -2.41. The SMILES string of the molecule is CC[N+]1(CCCCCC[N+]2(CC)CCCCC2)CCCCC1.[Br-].[Br-]. The fraction of sp³-hybridized carbons (Fsp3) is 1.00. The molecule has 2 heterocycles. The van der Waals surface area contributed by atoms with Crippen LogP contribution in [-0.2, 0) is 0 Å². The molecular formula is C20H42Br2N2. The molecule has 0 spiro atoms. The molecule has 0 radical (unpaired) electrons. The molecule has 0 aromatic heterocycles. The highest BCUT2D eigenvalue weighted by molar-refractivity contribution is 4.56. The molecule has 0 aromatic rings. The van der Waals surface area contributed by atoms with E-state index in [4.69, 9.17) is 0 Å². The topological polar surface area (TPSA) is 0 Å². The van der Waals surface area contributed by atoms with Crippen LogP contribution in [0.2, 0.25) is 0 Å². The summed E-state index contributed by atoms with van der Waals surface area (Å²) in [7, 11) is 0. The summed E-state index contributed by atoms with van der Waals surface area (Å²) in [5.74, 6) is 0. The van der Waals surface area contributed by atoms with Crippen molar-refractivity contribution in [1.29, 1.82) is 0 Å². The number of halogens is 2. The van der Waals surface area contributed by atoms with Crippen molar-refractivity contribution in [1.82, 2.24) is 0 Å². The van der Waals surface area contributed by atoms with Crippen LogP contribution in [0.3, 0.4) is 0 Å². The van der Waals surface area contributed by atoms with Gasteiger partial charge in [0.05, 0.1) is 52.4 Å². The van der Waals surface area contributed by atoms with Gasteiger partial charge in [0.25, 0.3) is 0 Å². The van der Waals surface area contributed by atoms with E-state index in [1.54, 1.807) is 0 Å². The molecule has 0 aliphatic carbocycles. The van der Waals surface area contributed by atoms with Crippen molar-refractivity contribution >= 4 is 0 Å². The Morgan fingerprint density at radius 1 is 0.500 bits per heavy atom. The van der Waals surface area contributed by atoms with Crippen LogP contribution in [0.25, 0.3) is 0 Å². The Morgan fingerprint density at radius 2 is 0.833 bits per heavy atom. The van der Waals surface area contributed by atoms with E-state index in [-0.39, 0.29) is 34.0 Å². The van der Waals surface area contributed by atoms with Crippen molar-refractivity contribution in [3.05, 3.63) is 0 Å². The lowest BCUT2D eigenvalue weighted by molar-refractivity contribution is -0.931. The monoisotopic (exact) mass is 468 g/mol. The molecule has 146 valence electrons. The zero-order valence-electron chi connectivity index (χ0n) is 16.4. The number of quaternary nitrogens is 2. The molecule has 0 atom stereocenters. The minimum absolute atomic E-state index is 0. The average Bonchev–Trinajstić information content (AvgIpc) is 2.59. The van der Waals surface area contributed by atoms with Gasteiger partial charge in [-0.15, -0.1) is 0 Å². The van der Waals surface area contributed by atoms with Crippen molar-refractivity contribution in [2.24, 2.45) is 0 Å². The maximum Gasteiger partial charge on any atom is 0.0786 e. The Labute approximate surface area is 173 Å². The van der Waals surface area contributed by atoms with Gasteiger partial charge >= 0.3 is 0 Å². The van der Waals surface area contributed by atoms with Crippen molar-refractivity contribution in [3.63, 3.8) is 0 Å². The highest BCUT2D eigenvalue weighted by atomic mass is 79.9. The van der Waals surface area contributed by atoms with Gasteiger partial charge < -0.3 is 42.9 Å². The second-order valence-corrected chi connectivity index (χ2v) is 8.19. The molecule has 2 fully saturated rings. The first kappa shape index (κ1) is 24.9. The van der Waals surface area contributed by atoms with E-state index in [2.05, 4.69) is 13.8 Å². The van der Waals surface area contributed by atoms with Gasteiger partial charge in [0.1, 0.15) is 0 Å². The van der Waals surface area contributed by atoms with E-state index < -0.39 is 0 Å². The molecule has 0 aromatic carbocycles. The van der Waals surface area contributed by atoms with E-state index in [9.17, 15) is 0 Å². The molecule has 0 unspecified atom stereocenters. The number of piperidine rings is 2. The maximum atomic E-state index is 2.41. The maximum absolute atomic E-state index is 2.41. The predicted molar refractivity (Wildman–Crippen MR) is 97.0 cm³/mol. The van der Waals surface area contributed by atoms with Crippen LogP contribution in [0.4, 0.5) is 0 Å². The van der Waals surface area contributed by atoms with Gasteiger partial charge in [-0.2, -0.15) is 0 Å². The first-order valence-electron chi connectivity index (χ1n) is 10.4. The molecule has 0 bridgehead atoms. The first-order valence-corrected chi connectivity index (χ1v) is 10.4. The van der Waals surface area contributed by atoms with Crippen LogP contribution in [0, 0.1) is 0 Å². The molecule has 4 heteroatoms. The Morgan fingerprint density at radius 3 is 1.12 bits per heavy atom. The molecular weight excluding hydrogens is 428 g/mol. The molecule has 0 amide bonds. The highest BCUT2D eigenvalue weighted by Crippen LogP contribution is 2.22. The summed E-state index contributed by atoms with van der Waals surface area (Å²) < 4.78 is 2.88. The normalized spacial score (nSPS) is 22.2. The van der Waals surface area contributed by atoms with E-state index >= 15 is 0 Å². The van der Waals surface area contributed by atoms with Gasteiger partial charge in [0, 0.05) is 0 Å². The quantitative estimate of drug-likeness (QED) is 0.287. The van der Waals surface area contributed by atoms with Crippen LogP contribution in [0.5, 0.6) is 0 Å². The summed E-state index contributed by atoms with van der Waals surface area (Å²) in [5.41, 5.74) is 0. The molecule has 0 saturated carbocycles. The van der Waals surface area contributed by atoms with Gasteiger partial charge in [0.2, 0.25) is 0 Å². The number of unbranched alkanes of at least 4 members (excludes halogenated alkanes) is 3. The van der Waals surface area contributed by atoms with Gasteiger partial charge in [0.15, 0.2) is 0 Å². The highest BCUT2D eigenvalue weighted by Gasteiger charge is 2.28. The average molecular weight is 470 g/mol. The van der Waals surface area contributed by atoms with Crippen LogP contribution in [-0.4, -0.2) is 61.3 Å². The summed E-state index contributed by atoms with van der Waals surface area (Å²) in [5, 5.41) is 0. The largest absolute Gasteiger partial charge is 1.00 e. The third-order valence-corrected chi connectivity index (χ3v) is 6.89. The first-order chi connectivity index (χ1) is 10.7. The van der Waals surface area contributed by atoms with E-state index in [0.29, 0.717) is 0 Å². The summed E-state index contributed by atoms with van der Waals surface area (Å²) in [6.45, 7) is 16.4. The fourth-order valence-electron chi connectivity index (χ4n) is 5.01. The Kier molecular flexibility index (Phi) is 13.6. The van der Waals surface area contributed by atoms with Gasteiger partial charge in [-0.25, -0.2) is 0 Å². The lowest BCUT2D eigenvalue weighted by atomic mass is 10.0.